The number of aromatic carboxylic acids is 3. The first kappa shape index (κ1) is 37.7. The predicted molar refractivity (Wildman–Crippen MR) is 154 cm³/mol. The average molecular weight is 706 g/mol. The number of carboxylic acid groups (broad SMARTS) is 3. The fraction of sp³-hybridized carbons (Fsp3) is 0. The molecule has 0 aliphatic carbocycles. The van der Waals surface area contributed by atoms with Crippen LogP contribution in [-0.4, -0.2) is 70.0 Å². The molecule has 17 heteroatoms. The Morgan fingerprint density at radius 3 is 1.21 bits per heavy atom. The molecule has 218 valence electrons. The molecule has 0 saturated heterocycles. The van der Waals surface area contributed by atoms with Crippen LogP contribution in [0.1, 0.15) is 31.1 Å². The predicted octanol–water partition coefficient (Wildman–Crippen LogP) is 4.23. The summed E-state index contributed by atoms with van der Waals surface area (Å²) in [6, 6.07) is 11.2. The van der Waals surface area contributed by atoms with Crippen LogP contribution in [0.25, 0.3) is 33.6 Å². The first-order valence-electron chi connectivity index (χ1n) is 10.8. The summed E-state index contributed by atoms with van der Waals surface area (Å²) in [6.45, 7) is 0.306. The zero-order chi connectivity index (χ0) is 31.5. The summed E-state index contributed by atoms with van der Waals surface area (Å²) in [7, 11) is 0. The van der Waals surface area contributed by atoms with Crippen molar-refractivity contribution in [1.82, 2.24) is 19.9 Å². The average Bonchev–Trinajstić information content (AvgIpc) is 2.99. The van der Waals surface area contributed by atoms with E-state index in [0.29, 0.717) is 35.0 Å². The smallest absolute Gasteiger partial charge is 0.753 e. The molecule has 4 rings (SSSR count). The zero-order valence-electron chi connectivity index (χ0n) is 21.2. The number of hydrogen-bond acceptors (Lipinski definition) is 11. The summed E-state index contributed by atoms with van der Waals surface area (Å²) < 4.78 is 4.68. The van der Waals surface area contributed by atoms with Gasteiger partial charge in [-0.3, -0.25) is 24.7 Å². The number of nitrogens with zero attached hydrogens (tertiary/aromatic N) is 6. The van der Waals surface area contributed by atoms with Gasteiger partial charge in [0.1, 0.15) is 5.75 Å². The number of thiocarbonyl (C=S) groups is 2. The Labute approximate surface area is 266 Å². The molecule has 4 aromatic heterocycles. The van der Waals surface area contributed by atoms with Crippen LogP contribution in [0.3, 0.4) is 0 Å². The van der Waals surface area contributed by atoms with E-state index in [1.807, 2.05) is 0 Å². The Bertz CT molecular complexity index is 1580. The van der Waals surface area contributed by atoms with Crippen molar-refractivity contribution in [2.24, 2.45) is 0 Å². The molecule has 0 radical (unpaired) electrons. The van der Waals surface area contributed by atoms with Gasteiger partial charge in [-0.05, 0) is 42.5 Å². The van der Waals surface area contributed by atoms with Crippen molar-refractivity contribution in [2.45, 2.75) is 0 Å². The van der Waals surface area contributed by atoms with Crippen LogP contribution < -0.4 is 4.74 Å². The molecule has 3 N–H and O–H groups in total. The molecule has 0 atom stereocenters. The van der Waals surface area contributed by atoms with Gasteiger partial charge in [0.2, 0.25) is 0 Å². The van der Waals surface area contributed by atoms with Crippen LogP contribution >= 0.6 is 24.4 Å². The third-order valence-electron chi connectivity index (χ3n) is 4.46. The van der Waals surface area contributed by atoms with E-state index >= 15 is 0 Å². The molecule has 0 bridgehead atoms. The summed E-state index contributed by atoms with van der Waals surface area (Å²) in [5, 5.41) is 43.5. The van der Waals surface area contributed by atoms with Crippen molar-refractivity contribution >= 4 is 59.1 Å². The Balaban J connectivity index is 0.000000680. The molecular weight excluding hydrogens is 690 g/mol. The molecule has 14 nitrogen and oxygen atoms in total. The largest absolute Gasteiger partial charge is 2.00 e. The van der Waals surface area contributed by atoms with Crippen LogP contribution in [-0.2, 0) is 24.3 Å². The van der Waals surface area contributed by atoms with Crippen LogP contribution in [0.4, 0.5) is 0 Å². The van der Waals surface area contributed by atoms with E-state index in [9.17, 15) is 19.2 Å². The van der Waals surface area contributed by atoms with Gasteiger partial charge in [0.25, 0.3) is 6.47 Å². The van der Waals surface area contributed by atoms with Gasteiger partial charge in [0.05, 0.1) is 39.5 Å². The maximum absolute atomic E-state index is 10.8. The molecular formula is C26H16N6O8RuS2. The van der Waals surface area contributed by atoms with Crippen molar-refractivity contribution < 1.29 is 58.7 Å². The molecule has 4 heterocycles. The number of isothiocyanates is 2. The van der Waals surface area contributed by atoms with Gasteiger partial charge in [0, 0.05) is 30.9 Å². The van der Waals surface area contributed by atoms with E-state index in [-0.39, 0.29) is 36.2 Å². The van der Waals surface area contributed by atoms with Crippen molar-refractivity contribution in [1.29, 1.82) is 0 Å². The van der Waals surface area contributed by atoms with E-state index in [2.05, 4.69) is 49.1 Å². The number of aromatic nitrogens is 4. The second kappa shape index (κ2) is 20.6. The number of carboxylic acids is 3. The summed E-state index contributed by atoms with van der Waals surface area (Å²) in [6.07, 6.45) is 5.51. The molecule has 0 unspecified atom stereocenters. The number of ether oxygens (including phenoxy) is 1. The fourth-order valence-corrected chi connectivity index (χ4v) is 2.79. The fourth-order valence-electron chi connectivity index (χ4n) is 2.79. The van der Waals surface area contributed by atoms with Gasteiger partial charge in [0.15, 0.2) is 0 Å². The molecule has 0 aliphatic heterocycles. The second-order valence-corrected chi connectivity index (χ2v) is 7.34. The first-order chi connectivity index (χ1) is 20.1. The van der Waals surface area contributed by atoms with Gasteiger partial charge < -0.3 is 30.9 Å². The number of rotatable bonds is 7. The molecule has 43 heavy (non-hydrogen) atoms. The van der Waals surface area contributed by atoms with E-state index in [1.165, 1.54) is 83.6 Å². The number of hydrogen-bond donors (Lipinski definition) is 3. The molecule has 4 aromatic rings. The monoisotopic (exact) mass is 706 g/mol. The Morgan fingerprint density at radius 1 is 0.651 bits per heavy atom. The molecule has 0 amide bonds. The van der Waals surface area contributed by atoms with Gasteiger partial charge in [-0.25, -0.2) is 14.4 Å². The van der Waals surface area contributed by atoms with Crippen molar-refractivity contribution in [3.63, 3.8) is 0 Å². The number of pyridine rings is 4. The number of carbonyl (C=O) groups excluding carboxylic acids is 1. The van der Waals surface area contributed by atoms with Crippen LogP contribution in [0.2, 0.25) is 0 Å². The standard InChI is InChI=1S/2C12H8N2O4.2CNS.Ru/c15-7-18-9-2-4-14-11(6-9)10-5-8(12(16)17)1-3-13-10;15-11(16)7-1-3-13-9(5-7)10-6-8(12(17)18)2-4-14-10;2*2-1-3;/h1-7H,(H,16,17);1-6H,(H,15,16)(H,17,18);;;/q;;2*-1;+2. The molecule has 0 aromatic carbocycles. The summed E-state index contributed by atoms with van der Waals surface area (Å²) in [4.78, 5) is 58.7. The topological polar surface area (TPSA) is 234 Å². The van der Waals surface area contributed by atoms with Gasteiger partial charge >= 0.3 is 37.4 Å². The van der Waals surface area contributed by atoms with E-state index in [0.717, 1.165) is 0 Å². The van der Waals surface area contributed by atoms with Crippen LogP contribution in [0.5, 0.6) is 5.75 Å². The molecule has 0 saturated carbocycles. The Hall–Kier alpha value is -5.30. The third-order valence-corrected chi connectivity index (χ3v) is 4.46. The maximum Gasteiger partial charge on any atom is 2.00 e. The molecule has 0 aliphatic rings. The zero-order valence-corrected chi connectivity index (χ0v) is 24.6. The molecule has 0 spiro atoms. The third kappa shape index (κ3) is 13.3. The minimum atomic E-state index is -1.08. The van der Waals surface area contributed by atoms with Crippen molar-refractivity contribution in [3.05, 3.63) is 101 Å². The quantitative estimate of drug-likeness (QED) is 0.106. The number of carbonyl (C=O) groups is 4. The maximum atomic E-state index is 10.8. The summed E-state index contributed by atoms with van der Waals surface area (Å²) in [5.74, 6) is -2.88. The van der Waals surface area contributed by atoms with E-state index < -0.39 is 17.9 Å². The van der Waals surface area contributed by atoms with Gasteiger partial charge in [-0.1, -0.05) is 24.4 Å². The van der Waals surface area contributed by atoms with E-state index in [4.69, 9.17) is 26.1 Å². The van der Waals surface area contributed by atoms with Gasteiger partial charge in [-0.2, -0.15) is 10.3 Å². The first-order valence-corrected chi connectivity index (χ1v) is 11.6. The molecule has 0 fully saturated rings. The van der Waals surface area contributed by atoms with Gasteiger partial charge in [-0.15, -0.1) is 0 Å². The summed E-state index contributed by atoms with van der Waals surface area (Å²) >= 11 is 7.40. The summed E-state index contributed by atoms with van der Waals surface area (Å²) in [5.41, 5.74) is 1.72. The van der Waals surface area contributed by atoms with E-state index in [1.54, 1.807) is 0 Å². The Kier molecular flexibility index (Phi) is 18.0. The van der Waals surface area contributed by atoms with Crippen LogP contribution in [0.15, 0.2) is 73.3 Å². The minimum absolute atomic E-state index is 0. The SMILES string of the molecule is O=C(O)c1ccnc(-c2cc(C(=O)O)ccn2)c1.O=COc1ccnc(-c2cc(C(=O)O)ccn2)c1.[N-]=C=S.[N-]=C=S.[Ru+2]. The Morgan fingerprint density at radius 2 is 0.930 bits per heavy atom. The van der Waals surface area contributed by atoms with Crippen molar-refractivity contribution in [3.8, 4) is 28.5 Å². The van der Waals surface area contributed by atoms with Crippen molar-refractivity contribution in [2.75, 3.05) is 0 Å². The minimum Gasteiger partial charge on any atom is -0.753 e. The van der Waals surface area contributed by atoms with Crippen LogP contribution in [0, 0.1) is 0 Å². The second-order valence-electron chi connectivity index (χ2n) is 6.98. The normalized spacial score (nSPS) is 8.65.